The maximum atomic E-state index is 12.9. The van der Waals surface area contributed by atoms with Crippen molar-refractivity contribution >= 4 is 0 Å². The van der Waals surface area contributed by atoms with Gasteiger partial charge in [0.1, 0.15) is 18.2 Å². The lowest BCUT2D eigenvalue weighted by Gasteiger charge is -2.09. The van der Waals surface area contributed by atoms with E-state index in [2.05, 4.69) is 12.2 Å². The van der Waals surface area contributed by atoms with Crippen molar-refractivity contribution in [1.29, 1.82) is 0 Å². The molecule has 0 spiro atoms. The quantitative estimate of drug-likeness (QED) is 0.730. The Morgan fingerprint density at radius 3 is 2.87 bits per heavy atom. The highest BCUT2D eigenvalue weighted by Crippen LogP contribution is 2.18. The molecular formula is C12H18FNO. The molecule has 0 aliphatic carbocycles. The molecule has 0 saturated carbocycles. The van der Waals surface area contributed by atoms with Crippen LogP contribution in [-0.4, -0.2) is 19.7 Å². The van der Waals surface area contributed by atoms with Gasteiger partial charge in [-0.1, -0.05) is 13.0 Å². The van der Waals surface area contributed by atoms with E-state index in [9.17, 15) is 4.39 Å². The van der Waals surface area contributed by atoms with Gasteiger partial charge in [-0.25, -0.2) is 4.39 Å². The fourth-order valence-electron chi connectivity index (χ4n) is 1.26. The van der Waals surface area contributed by atoms with Crippen molar-refractivity contribution in [1.82, 2.24) is 5.32 Å². The first kappa shape index (κ1) is 12.0. The summed E-state index contributed by atoms with van der Waals surface area (Å²) in [5.41, 5.74) is 0.965. The van der Waals surface area contributed by atoms with Crippen molar-refractivity contribution in [2.45, 2.75) is 20.3 Å². The summed E-state index contributed by atoms with van der Waals surface area (Å²) < 4.78 is 18.3. The average molecular weight is 211 g/mol. The number of nitrogens with one attached hydrogen (secondary N) is 1. The van der Waals surface area contributed by atoms with Crippen molar-refractivity contribution in [3.05, 3.63) is 29.6 Å². The van der Waals surface area contributed by atoms with Gasteiger partial charge in [0.15, 0.2) is 0 Å². The van der Waals surface area contributed by atoms with Crippen LogP contribution in [0.5, 0.6) is 5.75 Å². The minimum Gasteiger partial charge on any atom is -0.492 e. The van der Waals surface area contributed by atoms with Crippen molar-refractivity contribution in [2.75, 3.05) is 19.7 Å². The average Bonchev–Trinajstić information content (AvgIpc) is 2.23. The highest BCUT2D eigenvalue weighted by molar-refractivity contribution is 5.32. The highest BCUT2D eigenvalue weighted by atomic mass is 19.1. The minimum atomic E-state index is -0.253. The lowest BCUT2D eigenvalue weighted by atomic mass is 10.2. The number of ether oxygens (including phenoxy) is 1. The van der Waals surface area contributed by atoms with Gasteiger partial charge in [-0.3, -0.25) is 0 Å². The number of benzene rings is 1. The van der Waals surface area contributed by atoms with Crippen LogP contribution in [0.1, 0.15) is 18.9 Å². The second kappa shape index (κ2) is 6.40. The molecule has 1 N–H and O–H groups in total. The van der Waals surface area contributed by atoms with Crippen LogP contribution in [0.3, 0.4) is 0 Å². The number of halogens is 1. The van der Waals surface area contributed by atoms with Crippen LogP contribution in [0, 0.1) is 12.7 Å². The molecule has 1 rings (SSSR count). The molecule has 0 aliphatic heterocycles. The third-order valence-electron chi connectivity index (χ3n) is 2.11. The number of aryl methyl sites for hydroxylation is 1. The molecule has 84 valence electrons. The third kappa shape index (κ3) is 4.30. The summed E-state index contributed by atoms with van der Waals surface area (Å²) >= 11 is 0. The van der Waals surface area contributed by atoms with Gasteiger partial charge in [0, 0.05) is 12.6 Å². The largest absolute Gasteiger partial charge is 0.492 e. The third-order valence-corrected chi connectivity index (χ3v) is 2.11. The summed E-state index contributed by atoms with van der Waals surface area (Å²) in [5.74, 6) is 0.380. The molecule has 0 atom stereocenters. The number of rotatable bonds is 6. The van der Waals surface area contributed by atoms with E-state index in [4.69, 9.17) is 4.74 Å². The zero-order valence-corrected chi connectivity index (χ0v) is 9.35. The van der Waals surface area contributed by atoms with E-state index in [1.54, 1.807) is 6.07 Å². The molecule has 0 unspecified atom stereocenters. The fraction of sp³-hybridized carbons (Fsp3) is 0.500. The van der Waals surface area contributed by atoms with Crippen LogP contribution in [0.15, 0.2) is 18.2 Å². The van der Waals surface area contributed by atoms with E-state index < -0.39 is 0 Å². The van der Waals surface area contributed by atoms with E-state index >= 15 is 0 Å². The molecule has 0 bridgehead atoms. The number of hydrogen-bond acceptors (Lipinski definition) is 2. The first-order chi connectivity index (χ1) is 7.24. The maximum Gasteiger partial charge on any atom is 0.126 e. The lowest BCUT2D eigenvalue weighted by Crippen LogP contribution is -2.21. The summed E-state index contributed by atoms with van der Waals surface area (Å²) in [6.07, 6.45) is 1.11. The molecule has 0 radical (unpaired) electrons. The van der Waals surface area contributed by atoms with Gasteiger partial charge < -0.3 is 10.1 Å². The van der Waals surface area contributed by atoms with Crippen LogP contribution in [-0.2, 0) is 0 Å². The van der Waals surface area contributed by atoms with Crippen molar-refractivity contribution in [3.63, 3.8) is 0 Å². The zero-order valence-electron chi connectivity index (χ0n) is 9.35. The van der Waals surface area contributed by atoms with E-state index in [-0.39, 0.29) is 5.82 Å². The Hall–Kier alpha value is -1.09. The topological polar surface area (TPSA) is 21.3 Å². The van der Waals surface area contributed by atoms with E-state index in [0.29, 0.717) is 12.4 Å². The first-order valence-corrected chi connectivity index (χ1v) is 5.33. The van der Waals surface area contributed by atoms with Gasteiger partial charge >= 0.3 is 0 Å². The van der Waals surface area contributed by atoms with Crippen molar-refractivity contribution in [2.24, 2.45) is 0 Å². The molecule has 2 nitrogen and oxygen atoms in total. The van der Waals surface area contributed by atoms with Gasteiger partial charge in [0.25, 0.3) is 0 Å². The molecule has 0 amide bonds. The van der Waals surface area contributed by atoms with Gasteiger partial charge in [-0.2, -0.15) is 0 Å². The minimum absolute atomic E-state index is 0.253. The van der Waals surface area contributed by atoms with Crippen LogP contribution >= 0.6 is 0 Å². The van der Waals surface area contributed by atoms with Gasteiger partial charge in [-0.05, 0) is 31.5 Å². The summed E-state index contributed by atoms with van der Waals surface area (Å²) in [5, 5.41) is 3.22. The standard InChI is InChI=1S/C12H18FNO/c1-3-6-14-7-8-15-12-9-11(13)5-4-10(12)2/h4-5,9,14H,3,6-8H2,1-2H3. The molecule has 0 saturated heterocycles. The molecule has 15 heavy (non-hydrogen) atoms. The molecular weight excluding hydrogens is 193 g/mol. The maximum absolute atomic E-state index is 12.9. The van der Waals surface area contributed by atoms with Crippen LogP contribution in [0.4, 0.5) is 4.39 Å². The van der Waals surface area contributed by atoms with Crippen molar-refractivity contribution in [3.8, 4) is 5.75 Å². The van der Waals surface area contributed by atoms with Crippen LogP contribution in [0.25, 0.3) is 0 Å². The normalized spacial score (nSPS) is 10.3. The van der Waals surface area contributed by atoms with Crippen LogP contribution in [0.2, 0.25) is 0 Å². The molecule has 1 aromatic carbocycles. The Morgan fingerprint density at radius 1 is 1.33 bits per heavy atom. The highest BCUT2D eigenvalue weighted by Gasteiger charge is 2.00. The zero-order chi connectivity index (χ0) is 11.1. The first-order valence-electron chi connectivity index (χ1n) is 5.33. The molecule has 1 aromatic rings. The molecule has 0 fully saturated rings. The summed E-state index contributed by atoms with van der Waals surface area (Å²) in [6.45, 7) is 6.39. The fourth-order valence-corrected chi connectivity index (χ4v) is 1.26. The SMILES string of the molecule is CCCNCCOc1cc(F)ccc1C. The molecule has 0 aromatic heterocycles. The Morgan fingerprint density at radius 2 is 2.13 bits per heavy atom. The summed E-state index contributed by atoms with van der Waals surface area (Å²) in [4.78, 5) is 0. The van der Waals surface area contributed by atoms with Crippen molar-refractivity contribution < 1.29 is 9.13 Å². The monoisotopic (exact) mass is 211 g/mol. The van der Waals surface area contributed by atoms with Gasteiger partial charge in [0.05, 0.1) is 0 Å². The Bertz CT molecular complexity index is 302. The summed E-state index contributed by atoms with van der Waals surface area (Å²) in [6, 6.07) is 4.59. The lowest BCUT2D eigenvalue weighted by molar-refractivity contribution is 0.310. The Balaban J connectivity index is 2.33. The van der Waals surface area contributed by atoms with E-state index in [1.807, 2.05) is 6.92 Å². The molecule has 0 heterocycles. The summed E-state index contributed by atoms with van der Waals surface area (Å²) in [7, 11) is 0. The Labute approximate surface area is 90.4 Å². The molecule has 3 heteroatoms. The second-order valence-corrected chi connectivity index (χ2v) is 3.51. The second-order valence-electron chi connectivity index (χ2n) is 3.51. The van der Waals surface area contributed by atoms with Crippen LogP contribution < -0.4 is 10.1 Å². The number of hydrogen-bond donors (Lipinski definition) is 1. The molecule has 0 aliphatic rings. The predicted octanol–water partition coefficient (Wildman–Crippen LogP) is 2.51. The van der Waals surface area contributed by atoms with E-state index in [0.717, 1.165) is 25.1 Å². The van der Waals surface area contributed by atoms with E-state index in [1.165, 1.54) is 12.1 Å². The smallest absolute Gasteiger partial charge is 0.126 e. The van der Waals surface area contributed by atoms with Gasteiger partial charge in [0.2, 0.25) is 0 Å². The predicted molar refractivity (Wildman–Crippen MR) is 59.8 cm³/mol. The van der Waals surface area contributed by atoms with Gasteiger partial charge in [-0.15, -0.1) is 0 Å². The Kier molecular flexibility index (Phi) is 5.12.